The Labute approximate surface area is 137 Å². The van der Waals surface area contributed by atoms with Crippen molar-refractivity contribution in [2.24, 2.45) is 0 Å². The van der Waals surface area contributed by atoms with Gasteiger partial charge in [-0.25, -0.2) is 0 Å². The summed E-state index contributed by atoms with van der Waals surface area (Å²) in [6.45, 7) is 8.21. The molecule has 1 aliphatic heterocycles. The summed E-state index contributed by atoms with van der Waals surface area (Å²) in [7, 11) is 0. The van der Waals surface area contributed by atoms with Gasteiger partial charge in [0.15, 0.2) is 0 Å². The van der Waals surface area contributed by atoms with Crippen LogP contribution in [0.3, 0.4) is 0 Å². The zero-order valence-corrected chi connectivity index (χ0v) is 15.1. The molecule has 0 unspecified atom stereocenters. The van der Waals surface area contributed by atoms with E-state index in [0.717, 1.165) is 4.46 Å². The molecule has 1 aliphatic rings. The first-order valence-corrected chi connectivity index (χ1v) is 9.17. The van der Waals surface area contributed by atoms with Gasteiger partial charge in [0.2, 0.25) is 0 Å². The van der Waals surface area contributed by atoms with Crippen LogP contribution >= 0.6 is 0 Å². The normalized spacial score (nSPS) is 18.7. The number of ketones is 1. The number of benzene rings is 1. The van der Waals surface area contributed by atoms with Crippen LogP contribution in [0.4, 0.5) is 4.79 Å². The molecule has 1 saturated heterocycles. The van der Waals surface area contributed by atoms with Crippen LogP contribution in [0.1, 0.15) is 27.7 Å². The summed E-state index contributed by atoms with van der Waals surface area (Å²) < 4.78 is 6.31. The zero-order chi connectivity index (χ0) is 16.3. The Kier molecular flexibility index (Phi) is 5.27. The Morgan fingerprint density at radius 1 is 1.36 bits per heavy atom. The van der Waals surface area contributed by atoms with E-state index < -0.39 is 11.6 Å². The van der Waals surface area contributed by atoms with Crippen LogP contribution in [0.15, 0.2) is 30.3 Å². The van der Waals surface area contributed by atoms with E-state index in [4.69, 9.17) is 4.74 Å². The van der Waals surface area contributed by atoms with Gasteiger partial charge in [0.05, 0.1) is 0 Å². The van der Waals surface area contributed by atoms with Crippen LogP contribution in [0.2, 0.25) is 0 Å². The van der Waals surface area contributed by atoms with Gasteiger partial charge in [0, 0.05) is 0 Å². The maximum atomic E-state index is 12.3. The van der Waals surface area contributed by atoms with Crippen molar-refractivity contribution in [3.05, 3.63) is 30.3 Å². The summed E-state index contributed by atoms with van der Waals surface area (Å²) in [6, 6.07) is 9.94. The first-order valence-electron chi connectivity index (χ1n) is 7.32. The molecule has 1 aromatic carbocycles. The quantitative estimate of drug-likeness (QED) is 0.753. The number of amides is 1. The second-order valence-electron chi connectivity index (χ2n) is 6.03. The number of Topliss-reactive ketones (excluding diaryl/α,β-unsaturated/α-hetero) is 1. The van der Waals surface area contributed by atoms with E-state index in [0.29, 0.717) is 6.61 Å². The number of hydrazine groups is 1. The Hall–Kier alpha value is -1.36. The predicted octanol–water partition coefficient (Wildman–Crippen LogP) is 1.40. The van der Waals surface area contributed by atoms with Crippen LogP contribution < -0.4 is 4.46 Å². The van der Waals surface area contributed by atoms with E-state index in [1.54, 1.807) is 11.9 Å². The summed E-state index contributed by atoms with van der Waals surface area (Å²) in [6.07, 6.45) is -0.392. The fraction of sp³-hybridized carbons (Fsp3) is 0.500. The molecule has 6 heteroatoms. The fourth-order valence-electron chi connectivity index (χ4n) is 2.25. The van der Waals surface area contributed by atoms with Crippen molar-refractivity contribution in [1.29, 1.82) is 0 Å². The number of carbonyl (C=O) groups is 2. The van der Waals surface area contributed by atoms with Crippen molar-refractivity contribution in [2.75, 3.05) is 13.2 Å². The van der Waals surface area contributed by atoms with Gasteiger partial charge in [-0.3, -0.25) is 0 Å². The monoisotopic (exact) mass is 370 g/mol. The van der Waals surface area contributed by atoms with Gasteiger partial charge >= 0.3 is 137 Å². The van der Waals surface area contributed by atoms with Crippen LogP contribution in [0.25, 0.3) is 0 Å². The Morgan fingerprint density at radius 2 is 2.00 bits per heavy atom. The zero-order valence-electron chi connectivity index (χ0n) is 13.4. The molecule has 0 saturated carbocycles. The minimum atomic E-state index is -0.433. The van der Waals surface area contributed by atoms with E-state index in [-0.39, 0.29) is 32.2 Å². The molecule has 0 N–H and O–H groups in total. The topological polar surface area (TPSA) is 49.9 Å². The van der Waals surface area contributed by atoms with Gasteiger partial charge in [-0.15, -0.1) is 0 Å². The molecule has 0 spiro atoms. The first-order chi connectivity index (χ1) is 10.3. The average molecular weight is 369 g/mol. The molecule has 120 valence electrons. The van der Waals surface area contributed by atoms with Crippen molar-refractivity contribution < 1.29 is 14.3 Å². The van der Waals surface area contributed by atoms with Crippen LogP contribution in [-0.4, -0.2) is 60.5 Å². The molecule has 0 aliphatic carbocycles. The number of hydrogen-bond donors (Lipinski definition) is 0. The molecule has 1 aromatic rings. The van der Waals surface area contributed by atoms with Crippen LogP contribution in [0.5, 0.6) is 0 Å². The van der Waals surface area contributed by atoms with Crippen molar-refractivity contribution in [3.63, 3.8) is 0 Å². The SMILES string of the molecule is CCOC(=O)N(N1CC(=O)[C@H]1[Se]c1ccccc1)C(C)(C)C. The predicted molar refractivity (Wildman–Crippen MR) is 85.9 cm³/mol. The third-order valence-electron chi connectivity index (χ3n) is 3.19. The molecule has 5 nitrogen and oxygen atoms in total. The maximum absolute atomic E-state index is 12.3. The molecule has 1 heterocycles. The molecular formula is C16H22N2O3Se. The molecule has 1 fully saturated rings. The number of ether oxygens (including phenoxy) is 1. The van der Waals surface area contributed by atoms with Crippen molar-refractivity contribution >= 4 is 31.3 Å². The van der Waals surface area contributed by atoms with Crippen molar-refractivity contribution in [3.8, 4) is 0 Å². The van der Waals surface area contributed by atoms with Gasteiger partial charge in [0.25, 0.3) is 0 Å². The van der Waals surface area contributed by atoms with E-state index in [2.05, 4.69) is 0 Å². The number of carbonyl (C=O) groups excluding carboxylic acids is 2. The molecule has 1 amide bonds. The second-order valence-corrected chi connectivity index (χ2v) is 8.45. The Morgan fingerprint density at radius 3 is 2.50 bits per heavy atom. The molecule has 0 bridgehead atoms. The second kappa shape index (κ2) is 6.82. The third-order valence-corrected chi connectivity index (χ3v) is 5.86. The number of rotatable bonds is 4. The van der Waals surface area contributed by atoms with Crippen molar-refractivity contribution in [2.45, 2.75) is 38.2 Å². The molecule has 0 aromatic heterocycles. The minimum absolute atomic E-state index is 0.0351. The van der Waals surface area contributed by atoms with Crippen LogP contribution in [0, 0.1) is 0 Å². The van der Waals surface area contributed by atoms with E-state index >= 15 is 0 Å². The molecule has 2 rings (SSSR count). The summed E-state index contributed by atoms with van der Waals surface area (Å²) in [5.74, 6) is 0.183. The van der Waals surface area contributed by atoms with Gasteiger partial charge in [-0.1, -0.05) is 0 Å². The third kappa shape index (κ3) is 3.69. The van der Waals surface area contributed by atoms with E-state index in [9.17, 15) is 9.59 Å². The molecule has 1 atom stereocenters. The van der Waals surface area contributed by atoms with Crippen molar-refractivity contribution in [1.82, 2.24) is 10.0 Å². The summed E-state index contributed by atoms with van der Waals surface area (Å²) in [5.41, 5.74) is -0.433. The number of nitrogens with zero attached hydrogens (tertiary/aromatic N) is 2. The molecule has 22 heavy (non-hydrogen) atoms. The summed E-state index contributed by atoms with van der Waals surface area (Å²) >= 11 is -0.0351. The van der Waals surface area contributed by atoms with Gasteiger partial charge in [-0.2, -0.15) is 0 Å². The van der Waals surface area contributed by atoms with E-state index in [1.807, 2.05) is 56.1 Å². The standard InChI is InChI=1S/C16H22N2O3Se/c1-5-21-15(20)18(16(2,3)4)17-11-13(19)14(17)22-12-9-7-6-8-10-12/h6-10,14H,5,11H2,1-4H3/t14-/m1/s1. The van der Waals surface area contributed by atoms with Crippen LogP contribution in [-0.2, 0) is 9.53 Å². The Bertz CT molecular complexity index is 542. The average Bonchev–Trinajstić information content (AvgIpc) is 2.44. The summed E-state index contributed by atoms with van der Waals surface area (Å²) in [4.78, 5) is 24.1. The molecule has 0 radical (unpaired) electrons. The Balaban J connectivity index is 2.17. The molecular weight excluding hydrogens is 347 g/mol. The fourth-order valence-corrected chi connectivity index (χ4v) is 4.50. The first kappa shape index (κ1) is 17.0. The summed E-state index contributed by atoms with van der Waals surface area (Å²) in [5, 5.41) is 3.45. The van der Waals surface area contributed by atoms with E-state index in [1.165, 1.54) is 0 Å². The van der Waals surface area contributed by atoms with Gasteiger partial charge in [0.1, 0.15) is 0 Å². The van der Waals surface area contributed by atoms with Gasteiger partial charge in [-0.05, 0) is 0 Å². The van der Waals surface area contributed by atoms with Gasteiger partial charge < -0.3 is 0 Å². The number of hydrogen-bond acceptors (Lipinski definition) is 4.